The molecule has 0 aliphatic carbocycles. The van der Waals surface area contributed by atoms with Crippen molar-refractivity contribution in [3.8, 4) is 0 Å². The molecule has 1 fully saturated rings. The monoisotopic (exact) mass is 517 g/mol. The SMILES string of the molecule is C/C(=C\[C@H](C(C)C)N(C)C(=O)[C@@H](NC(=O)[C@@H]1N(C)[C@H](c2ccccc2)SC1(C)C)C(C)(C)C)C(=O)O. The van der Waals surface area contributed by atoms with Crippen LogP contribution in [0, 0.1) is 11.3 Å². The molecule has 2 rings (SSSR count). The van der Waals surface area contributed by atoms with E-state index in [1.807, 2.05) is 59.9 Å². The van der Waals surface area contributed by atoms with Crippen LogP contribution in [0.25, 0.3) is 0 Å². The molecule has 0 spiro atoms. The Bertz CT molecular complexity index is 984. The minimum absolute atomic E-state index is 0.00695. The minimum Gasteiger partial charge on any atom is -0.478 e. The third-order valence-corrected chi connectivity index (χ3v) is 8.48. The van der Waals surface area contributed by atoms with Crippen LogP contribution in [-0.2, 0) is 14.4 Å². The maximum Gasteiger partial charge on any atom is 0.331 e. The number of benzene rings is 1. The zero-order chi connectivity index (χ0) is 27.6. The van der Waals surface area contributed by atoms with Gasteiger partial charge in [-0.2, -0.15) is 0 Å². The van der Waals surface area contributed by atoms with Gasteiger partial charge in [0.1, 0.15) is 12.1 Å². The predicted molar refractivity (Wildman–Crippen MR) is 147 cm³/mol. The van der Waals surface area contributed by atoms with Crippen LogP contribution in [0.2, 0.25) is 0 Å². The van der Waals surface area contributed by atoms with Crippen LogP contribution in [0.3, 0.4) is 0 Å². The van der Waals surface area contributed by atoms with E-state index in [1.54, 1.807) is 29.8 Å². The summed E-state index contributed by atoms with van der Waals surface area (Å²) in [5, 5.41) is 12.5. The van der Waals surface area contributed by atoms with Crippen molar-refractivity contribution in [2.24, 2.45) is 11.3 Å². The molecule has 4 atom stereocenters. The van der Waals surface area contributed by atoms with E-state index in [1.165, 1.54) is 6.92 Å². The van der Waals surface area contributed by atoms with Crippen LogP contribution < -0.4 is 5.32 Å². The molecule has 0 aromatic heterocycles. The van der Waals surface area contributed by atoms with E-state index in [4.69, 9.17) is 0 Å². The lowest BCUT2D eigenvalue weighted by molar-refractivity contribution is -0.141. The Morgan fingerprint density at radius 1 is 1.17 bits per heavy atom. The Balaban J connectivity index is 2.34. The summed E-state index contributed by atoms with van der Waals surface area (Å²) in [6.45, 7) is 15.3. The summed E-state index contributed by atoms with van der Waals surface area (Å²) >= 11 is 1.74. The van der Waals surface area contributed by atoms with Crippen LogP contribution in [0.15, 0.2) is 42.0 Å². The summed E-state index contributed by atoms with van der Waals surface area (Å²) in [5.41, 5.74) is 0.765. The maximum absolute atomic E-state index is 13.8. The molecule has 0 unspecified atom stereocenters. The molecule has 0 saturated carbocycles. The Labute approximate surface area is 220 Å². The highest BCUT2D eigenvalue weighted by Crippen LogP contribution is 2.51. The Morgan fingerprint density at radius 3 is 2.19 bits per heavy atom. The average Bonchev–Trinajstić information content (AvgIpc) is 3.02. The van der Waals surface area contributed by atoms with Crippen molar-refractivity contribution in [2.75, 3.05) is 14.1 Å². The zero-order valence-electron chi connectivity index (χ0n) is 23.3. The van der Waals surface area contributed by atoms with E-state index in [0.717, 1.165) is 5.56 Å². The normalized spacial score (nSPS) is 22.2. The second-order valence-electron chi connectivity index (χ2n) is 11.7. The van der Waals surface area contributed by atoms with Crippen LogP contribution in [0.4, 0.5) is 0 Å². The van der Waals surface area contributed by atoms with E-state index in [-0.39, 0.29) is 33.4 Å². The summed E-state index contributed by atoms with van der Waals surface area (Å²) in [6, 6.07) is 8.48. The van der Waals surface area contributed by atoms with Gasteiger partial charge in [-0.05, 0) is 44.7 Å². The third kappa shape index (κ3) is 6.71. The van der Waals surface area contributed by atoms with Crippen molar-refractivity contribution in [1.29, 1.82) is 0 Å². The quantitative estimate of drug-likeness (QED) is 0.492. The second-order valence-corrected chi connectivity index (χ2v) is 13.4. The first-order valence-electron chi connectivity index (χ1n) is 12.4. The lowest BCUT2D eigenvalue weighted by Crippen LogP contribution is -2.60. The van der Waals surface area contributed by atoms with Crippen molar-refractivity contribution < 1.29 is 19.5 Å². The molecule has 1 aliphatic heterocycles. The van der Waals surface area contributed by atoms with Gasteiger partial charge in [0.25, 0.3) is 0 Å². The highest BCUT2D eigenvalue weighted by Gasteiger charge is 2.51. The van der Waals surface area contributed by atoms with Gasteiger partial charge < -0.3 is 15.3 Å². The molecule has 0 radical (unpaired) electrons. The number of rotatable bonds is 8. The molecule has 1 heterocycles. The third-order valence-electron chi connectivity index (χ3n) is 6.82. The molecule has 2 amide bonds. The molecule has 1 aromatic carbocycles. The number of carbonyl (C=O) groups excluding carboxylic acids is 2. The first-order valence-corrected chi connectivity index (χ1v) is 13.3. The number of carbonyl (C=O) groups is 3. The number of nitrogens with zero attached hydrogens (tertiary/aromatic N) is 2. The number of carboxylic acids is 1. The Morgan fingerprint density at radius 2 is 1.72 bits per heavy atom. The van der Waals surface area contributed by atoms with Crippen LogP contribution in [0.1, 0.15) is 66.3 Å². The molecule has 8 heteroatoms. The first-order chi connectivity index (χ1) is 16.5. The van der Waals surface area contributed by atoms with Crippen molar-refractivity contribution in [3.05, 3.63) is 47.5 Å². The largest absolute Gasteiger partial charge is 0.478 e. The van der Waals surface area contributed by atoms with Crippen molar-refractivity contribution >= 4 is 29.5 Å². The number of aliphatic carboxylic acids is 1. The summed E-state index contributed by atoms with van der Waals surface area (Å²) in [4.78, 5) is 42.6. The van der Waals surface area contributed by atoms with Crippen LogP contribution in [0.5, 0.6) is 0 Å². The number of nitrogens with one attached hydrogen (secondary N) is 1. The highest BCUT2D eigenvalue weighted by atomic mass is 32.2. The lowest BCUT2D eigenvalue weighted by atomic mass is 9.84. The summed E-state index contributed by atoms with van der Waals surface area (Å²) < 4.78 is -0.376. The summed E-state index contributed by atoms with van der Waals surface area (Å²) in [7, 11) is 3.63. The molecule has 1 saturated heterocycles. The van der Waals surface area contributed by atoms with Gasteiger partial charge in [0, 0.05) is 17.4 Å². The number of amides is 2. The molecule has 1 aliphatic rings. The van der Waals surface area contributed by atoms with Gasteiger partial charge in [-0.15, -0.1) is 11.8 Å². The fourth-order valence-electron chi connectivity index (χ4n) is 4.78. The predicted octanol–water partition coefficient (Wildman–Crippen LogP) is 4.56. The smallest absolute Gasteiger partial charge is 0.331 e. The summed E-state index contributed by atoms with van der Waals surface area (Å²) in [5.74, 6) is -1.45. The first kappa shape index (κ1) is 29.9. The molecule has 0 bridgehead atoms. The van der Waals surface area contributed by atoms with E-state index in [9.17, 15) is 19.5 Å². The molecule has 200 valence electrons. The maximum atomic E-state index is 13.8. The van der Waals surface area contributed by atoms with Gasteiger partial charge in [-0.1, -0.05) is 71.0 Å². The van der Waals surface area contributed by atoms with Gasteiger partial charge in [-0.25, -0.2) is 4.79 Å². The van der Waals surface area contributed by atoms with Crippen LogP contribution in [-0.4, -0.2) is 69.7 Å². The van der Waals surface area contributed by atoms with Gasteiger partial charge in [0.2, 0.25) is 11.8 Å². The molecule has 7 nitrogen and oxygen atoms in total. The van der Waals surface area contributed by atoms with E-state index < -0.39 is 29.5 Å². The molecular weight excluding hydrogens is 474 g/mol. The van der Waals surface area contributed by atoms with Gasteiger partial charge in [0.05, 0.1) is 11.4 Å². The van der Waals surface area contributed by atoms with Gasteiger partial charge in [0.15, 0.2) is 0 Å². The van der Waals surface area contributed by atoms with Crippen molar-refractivity contribution in [2.45, 2.75) is 83.6 Å². The number of thioether (sulfide) groups is 1. The average molecular weight is 518 g/mol. The number of hydrogen-bond acceptors (Lipinski definition) is 5. The molecule has 1 aromatic rings. The Hall–Kier alpha value is -2.32. The molecule has 2 N–H and O–H groups in total. The van der Waals surface area contributed by atoms with Gasteiger partial charge >= 0.3 is 5.97 Å². The Kier molecular flexibility index (Phi) is 9.46. The van der Waals surface area contributed by atoms with E-state index >= 15 is 0 Å². The number of hydrogen-bond donors (Lipinski definition) is 2. The van der Waals surface area contributed by atoms with E-state index in [0.29, 0.717) is 0 Å². The molecular formula is C28H43N3O4S. The lowest BCUT2D eigenvalue weighted by Gasteiger charge is -2.39. The topological polar surface area (TPSA) is 90.0 Å². The van der Waals surface area contributed by atoms with Crippen molar-refractivity contribution in [1.82, 2.24) is 15.1 Å². The fraction of sp³-hybridized carbons (Fsp3) is 0.607. The van der Waals surface area contributed by atoms with Crippen molar-refractivity contribution in [3.63, 3.8) is 0 Å². The number of carboxylic acid groups (broad SMARTS) is 1. The molecule has 36 heavy (non-hydrogen) atoms. The van der Waals surface area contributed by atoms with Gasteiger partial charge in [-0.3, -0.25) is 14.5 Å². The highest BCUT2D eigenvalue weighted by molar-refractivity contribution is 8.01. The second kappa shape index (κ2) is 11.4. The van der Waals surface area contributed by atoms with E-state index in [2.05, 4.69) is 36.2 Å². The fourth-order valence-corrected chi connectivity index (χ4v) is 6.34. The minimum atomic E-state index is -1.01. The van der Waals surface area contributed by atoms with Crippen LogP contribution >= 0.6 is 11.8 Å². The zero-order valence-corrected chi connectivity index (χ0v) is 24.1. The summed E-state index contributed by atoms with van der Waals surface area (Å²) in [6.07, 6.45) is 1.61. The number of likely N-dealkylation sites (N-methyl/N-ethyl adjacent to an activating group) is 2. The standard InChI is InChI=1S/C28H43N3O4S/c1-17(2)20(16-18(3)26(34)35)30(9)24(33)21(27(4,5)6)29-23(32)22-28(7,8)36-25(31(22)10)19-14-12-11-13-15-19/h11-17,20-22,25H,1-10H3,(H,29,32)(H,34,35)/b18-16+/t20-,21-,22+,25+/m1/s1.